The van der Waals surface area contributed by atoms with E-state index in [9.17, 15) is 13.2 Å². The van der Waals surface area contributed by atoms with Gasteiger partial charge in [-0.05, 0) is 18.2 Å². The molecule has 1 rings (SSSR count). The Balaban J connectivity index is 0. The van der Waals surface area contributed by atoms with Crippen LogP contribution in [0, 0.1) is 0 Å². The Bertz CT molecular complexity index is 423. The van der Waals surface area contributed by atoms with Gasteiger partial charge in [0, 0.05) is 5.69 Å². The van der Waals surface area contributed by atoms with Gasteiger partial charge in [-0.25, -0.2) is 0 Å². The third kappa shape index (κ3) is 4.18. The summed E-state index contributed by atoms with van der Waals surface area (Å²) in [4.78, 5) is 9.76. The maximum Gasteiger partial charge on any atom is 1.00 e. The Morgan fingerprint density at radius 1 is 1.43 bits per heavy atom. The summed E-state index contributed by atoms with van der Waals surface area (Å²) < 4.78 is 29.9. The summed E-state index contributed by atoms with van der Waals surface area (Å²) in [6.45, 7) is 0. The molecule has 1 aromatic rings. The van der Waals surface area contributed by atoms with Crippen LogP contribution in [0.3, 0.4) is 0 Å². The van der Waals surface area contributed by atoms with Gasteiger partial charge in [0.05, 0.1) is 4.90 Å². The predicted octanol–water partition coefficient (Wildman–Crippen LogP) is -2.38. The van der Waals surface area contributed by atoms with Crippen molar-refractivity contribution in [2.75, 3.05) is 5.32 Å². The molecule has 1 aromatic carbocycles. The van der Waals surface area contributed by atoms with E-state index in [1.165, 1.54) is 18.2 Å². The third-order valence-electron chi connectivity index (χ3n) is 1.36. The molecule has 0 spiro atoms. The first kappa shape index (κ1) is 14.2. The van der Waals surface area contributed by atoms with Crippen molar-refractivity contribution >= 4 is 22.2 Å². The van der Waals surface area contributed by atoms with Crippen molar-refractivity contribution in [2.24, 2.45) is 0 Å². The van der Waals surface area contributed by atoms with Gasteiger partial charge in [0.15, 0.2) is 0 Å². The van der Waals surface area contributed by atoms with E-state index in [1.54, 1.807) is 0 Å². The van der Waals surface area contributed by atoms with Gasteiger partial charge in [0.2, 0.25) is 6.41 Å². The minimum absolute atomic E-state index is 0. The van der Waals surface area contributed by atoms with Gasteiger partial charge < -0.3 is 6.74 Å². The maximum absolute atomic E-state index is 10.6. The maximum atomic E-state index is 10.6. The molecule has 7 heteroatoms. The zero-order valence-electron chi connectivity index (χ0n) is 8.47. The first-order chi connectivity index (χ1) is 6.04. The van der Waals surface area contributed by atoms with E-state index in [1.807, 2.05) is 0 Å². The molecule has 14 heavy (non-hydrogen) atoms. The molecule has 5 nitrogen and oxygen atoms in total. The SMILES string of the molecule is O=CNc1cccc(S(=O)(=O)O)c1.[H-].[K+]. The van der Waals surface area contributed by atoms with Crippen LogP contribution in [-0.2, 0) is 14.9 Å². The average molecular weight is 241 g/mol. The molecule has 0 bridgehead atoms. The van der Waals surface area contributed by atoms with Gasteiger partial charge in [-0.3, -0.25) is 9.35 Å². The van der Waals surface area contributed by atoms with Crippen molar-refractivity contribution in [3.63, 3.8) is 0 Å². The Morgan fingerprint density at radius 3 is 2.57 bits per heavy atom. The number of hydrogen-bond acceptors (Lipinski definition) is 3. The van der Waals surface area contributed by atoms with E-state index in [-0.39, 0.29) is 57.7 Å². The second-order valence-corrected chi connectivity index (χ2v) is 3.69. The minimum atomic E-state index is -4.20. The van der Waals surface area contributed by atoms with E-state index in [2.05, 4.69) is 5.32 Å². The van der Waals surface area contributed by atoms with Crippen LogP contribution in [0.2, 0.25) is 0 Å². The Morgan fingerprint density at radius 2 is 2.07 bits per heavy atom. The number of benzene rings is 1. The molecule has 1 amide bonds. The van der Waals surface area contributed by atoms with Crippen molar-refractivity contribution in [1.82, 2.24) is 0 Å². The molecule has 0 aliphatic rings. The van der Waals surface area contributed by atoms with Crippen LogP contribution < -0.4 is 56.7 Å². The molecule has 0 fully saturated rings. The molecule has 0 saturated carbocycles. The molecule has 0 heterocycles. The average Bonchev–Trinajstić information content (AvgIpc) is 2.04. The topological polar surface area (TPSA) is 83.5 Å². The first-order valence-electron chi connectivity index (χ1n) is 3.32. The minimum Gasteiger partial charge on any atom is -1.00 e. The molecule has 0 aliphatic carbocycles. The number of anilines is 1. The van der Waals surface area contributed by atoms with Gasteiger partial charge in [-0.15, -0.1) is 0 Å². The number of hydrogen-bond donors (Lipinski definition) is 2. The van der Waals surface area contributed by atoms with Gasteiger partial charge in [-0.2, -0.15) is 8.42 Å². The summed E-state index contributed by atoms with van der Waals surface area (Å²) in [6.07, 6.45) is 0.420. The first-order valence-corrected chi connectivity index (χ1v) is 4.76. The molecule has 0 atom stereocenters. The summed E-state index contributed by atoms with van der Waals surface area (Å²) in [6, 6.07) is 5.30. The van der Waals surface area contributed by atoms with Crippen LogP contribution in [-0.4, -0.2) is 19.4 Å². The number of carbonyl (C=O) groups excluding carboxylic acids is 1. The van der Waals surface area contributed by atoms with Gasteiger partial charge in [0.1, 0.15) is 0 Å². The van der Waals surface area contributed by atoms with E-state index in [0.29, 0.717) is 12.1 Å². The molecular weight excluding hydrogens is 233 g/mol. The smallest absolute Gasteiger partial charge is 1.00 e. The normalized spacial score (nSPS) is 10.1. The van der Waals surface area contributed by atoms with Crippen molar-refractivity contribution in [3.8, 4) is 0 Å². The largest absolute Gasteiger partial charge is 1.00 e. The number of rotatable bonds is 3. The molecule has 0 aromatic heterocycles. The van der Waals surface area contributed by atoms with E-state index in [4.69, 9.17) is 4.55 Å². The van der Waals surface area contributed by atoms with E-state index < -0.39 is 10.1 Å². The quantitative estimate of drug-likeness (QED) is 0.352. The van der Waals surface area contributed by atoms with E-state index in [0.717, 1.165) is 6.07 Å². The fourth-order valence-corrected chi connectivity index (χ4v) is 1.34. The molecular formula is C7H8KNO4S. The summed E-state index contributed by atoms with van der Waals surface area (Å²) >= 11 is 0. The van der Waals surface area contributed by atoms with Crippen molar-refractivity contribution in [2.45, 2.75) is 4.90 Å². The van der Waals surface area contributed by atoms with Gasteiger partial charge in [0.25, 0.3) is 10.1 Å². The number of nitrogens with one attached hydrogen (secondary N) is 1. The molecule has 2 N–H and O–H groups in total. The summed E-state index contributed by atoms with van der Waals surface area (Å²) in [5, 5.41) is 2.26. The second-order valence-electron chi connectivity index (χ2n) is 2.27. The molecule has 0 radical (unpaired) electrons. The van der Waals surface area contributed by atoms with Gasteiger partial charge in [-0.1, -0.05) is 6.07 Å². The predicted molar refractivity (Wildman–Crippen MR) is 47.1 cm³/mol. The van der Waals surface area contributed by atoms with Crippen LogP contribution >= 0.6 is 0 Å². The zero-order valence-corrected chi connectivity index (χ0v) is 11.4. The van der Waals surface area contributed by atoms with E-state index >= 15 is 0 Å². The fourth-order valence-electron chi connectivity index (χ4n) is 0.814. The van der Waals surface area contributed by atoms with Crippen LogP contribution in [0.5, 0.6) is 0 Å². The van der Waals surface area contributed by atoms with Crippen LogP contribution in [0.15, 0.2) is 29.2 Å². The summed E-state index contributed by atoms with van der Waals surface area (Å²) in [7, 11) is -4.20. The molecule has 0 saturated heterocycles. The second kappa shape index (κ2) is 5.96. The van der Waals surface area contributed by atoms with Crippen LogP contribution in [0.25, 0.3) is 0 Å². The Labute approximate surface area is 126 Å². The van der Waals surface area contributed by atoms with Crippen molar-refractivity contribution in [1.29, 1.82) is 0 Å². The van der Waals surface area contributed by atoms with Crippen molar-refractivity contribution in [3.05, 3.63) is 24.3 Å². The Kier molecular flexibility index (Phi) is 6.06. The molecule has 72 valence electrons. The zero-order chi connectivity index (χ0) is 9.90. The number of carbonyl (C=O) groups is 1. The van der Waals surface area contributed by atoms with Gasteiger partial charge >= 0.3 is 51.4 Å². The molecule has 0 unspecified atom stereocenters. The molecule has 0 aliphatic heterocycles. The summed E-state index contributed by atoms with van der Waals surface area (Å²) in [5.41, 5.74) is 0.310. The standard InChI is InChI=1S/C7H7NO4S.K.H/c9-5-8-6-2-1-3-7(4-6)13(10,11)12;;/h1-5H,(H,8,9)(H,10,11,12);;/q;+1;-1. The Hall–Kier alpha value is 0.236. The van der Waals surface area contributed by atoms with Crippen molar-refractivity contribution < 1.29 is 70.6 Å². The van der Waals surface area contributed by atoms with Crippen LogP contribution in [0.1, 0.15) is 1.43 Å². The van der Waals surface area contributed by atoms with Crippen LogP contribution in [0.4, 0.5) is 5.69 Å². The fraction of sp³-hybridized carbons (Fsp3) is 0. The summed E-state index contributed by atoms with van der Waals surface area (Å²) in [5.74, 6) is 0. The number of amides is 1. The third-order valence-corrected chi connectivity index (χ3v) is 2.21. The monoisotopic (exact) mass is 241 g/mol.